The van der Waals surface area contributed by atoms with Gasteiger partial charge in [0.2, 0.25) is 11.8 Å². The summed E-state index contributed by atoms with van der Waals surface area (Å²) in [5.74, 6) is 0.310. The molecule has 0 saturated heterocycles. The molecule has 112 valence electrons. The number of hydrogen-bond donors (Lipinski definition) is 3. The van der Waals surface area contributed by atoms with Crippen molar-refractivity contribution in [3.8, 4) is 0 Å². The number of thioether (sulfide) groups is 1. The van der Waals surface area contributed by atoms with Crippen molar-refractivity contribution in [2.24, 2.45) is 5.73 Å². The highest BCUT2D eigenvalue weighted by Gasteiger charge is 2.05. The Hall–Kier alpha value is -1.24. The Balaban J connectivity index is 0.00000361. The zero-order chi connectivity index (χ0) is 14.1. The van der Waals surface area contributed by atoms with Gasteiger partial charge in [-0.3, -0.25) is 9.59 Å². The molecule has 0 unspecified atom stereocenters. The molecule has 20 heavy (non-hydrogen) atoms. The lowest BCUT2D eigenvalue weighted by molar-refractivity contribution is -0.118. The van der Waals surface area contributed by atoms with Crippen LogP contribution < -0.4 is 16.4 Å². The van der Waals surface area contributed by atoms with Crippen LogP contribution >= 0.6 is 24.2 Å². The van der Waals surface area contributed by atoms with Crippen LogP contribution in [-0.4, -0.2) is 36.4 Å². The van der Waals surface area contributed by atoms with E-state index in [4.69, 9.17) is 5.73 Å². The third-order valence-corrected chi connectivity index (χ3v) is 3.20. The van der Waals surface area contributed by atoms with Crippen LogP contribution in [0.25, 0.3) is 0 Å². The molecule has 0 aromatic heterocycles. The highest BCUT2D eigenvalue weighted by molar-refractivity contribution is 8.00. The predicted octanol–water partition coefficient (Wildman–Crippen LogP) is 1.16. The van der Waals surface area contributed by atoms with Crippen LogP contribution in [0.5, 0.6) is 0 Å². The summed E-state index contributed by atoms with van der Waals surface area (Å²) in [4.78, 5) is 22.9. The van der Waals surface area contributed by atoms with Crippen molar-refractivity contribution in [1.29, 1.82) is 0 Å². The molecule has 7 heteroatoms. The molecule has 1 aromatic rings. The maximum Gasteiger partial charge on any atom is 0.234 e. The highest BCUT2D eigenvalue weighted by Crippen LogP contribution is 2.09. The van der Waals surface area contributed by atoms with E-state index in [1.165, 1.54) is 11.8 Å². The molecular weight excluding hydrogens is 298 g/mol. The van der Waals surface area contributed by atoms with Gasteiger partial charge in [0, 0.05) is 18.8 Å². The SMILES string of the molecule is Cc1ccc(NC(=O)CSCC(=O)NCCN)cc1.Cl. The normalized spacial score (nSPS) is 9.50. The number of aryl methyl sites for hydroxylation is 1. The molecule has 0 aliphatic carbocycles. The second kappa shape index (κ2) is 10.5. The van der Waals surface area contributed by atoms with Crippen LogP contribution in [0.2, 0.25) is 0 Å². The van der Waals surface area contributed by atoms with Gasteiger partial charge in [0.25, 0.3) is 0 Å². The Labute approximate surface area is 129 Å². The Morgan fingerprint density at radius 1 is 1.15 bits per heavy atom. The second-order valence-electron chi connectivity index (χ2n) is 4.05. The number of rotatable bonds is 7. The van der Waals surface area contributed by atoms with E-state index >= 15 is 0 Å². The number of hydrogen-bond acceptors (Lipinski definition) is 4. The molecule has 0 saturated carbocycles. The molecule has 4 N–H and O–H groups in total. The maximum absolute atomic E-state index is 11.6. The summed E-state index contributed by atoms with van der Waals surface area (Å²) in [6.07, 6.45) is 0. The Bertz CT molecular complexity index is 426. The van der Waals surface area contributed by atoms with Gasteiger partial charge in [-0.1, -0.05) is 17.7 Å². The molecule has 2 amide bonds. The third kappa shape index (κ3) is 8.04. The lowest BCUT2D eigenvalue weighted by Crippen LogP contribution is -2.30. The van der Waals surface area contributed by atoms with E-state index in [9.17, 15) is 9.59 Å². The fourth-order valence-corrected chi connectivity index (χ4v) is 1.98. The molecule has 1 aromatic carbocycles. The van der Waals surface area contributed by atoms with E-state index in [-0.39, 0.29) is 35.7 Å². The molecule has 0 heterocycles. The van der Waals surface area contributed by atoms with Crippen molar-refractivity contribution >= 4 is 41.7 Å². The van der Waals surface area contributed by atoms with Crippen LogP contribution in [0.1, 0.15) is 5.56 Å². The number of carbonyl (C=O) groups is 2. The zero-order valence-electron chi connectivity index (χ0n) is 11.3. The van der Waals surface area contributed by atoms with Crippen molar-refractivity contribution < 1.29 is 9.59 Å². The zero-order valence-corrected chi connectivity index (χ0v) is 13.0. The largest absolute Gasteiger partial charge is 0.354 e. The van der Waals surface area contributed by atoms with Gasteiger partial charge in [-0.2, -0.15) is 0 Å². The molecule has 0 radical (unpaired) electrons. The summed E-state index contributed by atoms with van der Waals surface area (Å²) in [5, 5.41) is 5.42. The number of benzene rings is 1. The van der Waals surface area contributed by atoms with Crippen LogP contribution in [0.4, 0.5) is 5.69 Å². The monoisotopic (exact) mass is 317 g/mol. The van der Waals surface area contributed by atoms with E-state index in [0.717, 1.165) is 11.3 Å². The minimum atomic E-state index is -0.111. The number of anilines is 1. The lowest BCUT2D eigenvalue weighted by Gasteiger charge is -2.06. The summed E-state index contributed by atoms with van der Waals surface area (Å²) in [7, 11) is 0. The third-order valence-electron chi connectivity index (χ3n) is 2.27. The lowest BCUT2D eigenvalue weighted by atomic mass is 10.2. The van der Waals surface area contributed by atoms with E-state index < -0.39 is 0 Å². The molecule has 0 bridgehead atoms. The smallest absolute Gasteiger partial charge is 0.234 e. The molecule has 0 aliphatic heterocycles. The van der Waals surface area contributed by atoms with Gasteiger partial charge in [-0.05, 0) is 19.1 Å². The minimum absolute atomic E-state index is 0. The summed E-state index contributed by atoms with van der Waals surface area (Å²) in [5.41, 5.74) is 7.17. The summed E-state index contributed by atoms with van der Waals surface area (Å²) >= 11 is 1.28. The van der Waals surface area contributed by atoms with Gasteiger partial charge in [-0.15, -0.1) is 24.2 Å². The van der Waals surface area contributed by atoms with Gasteiger partial charge >= 0.3 is 0 Å². The first kappa shape index (κ1) is 18.8. The maximum atomic E-state index is 11.6. The number of halogens is 1. The first-order chi connectivity index (χ1) is 9.11. The van der Waals surface area contributed by atoms with Gasteiger partial charge in [0.1, 0.15) is 0 Å². The highest BCUT2D eigenvalue weighted by atomic mass is 35.5. The van der Waals surface area contributed by atoms with E-state index in [1.807, 2.05) is 31.2 Å². The first-order valence-corrected chi connectivity index (χ1v) is 7.18. The molecular formula is C13H20ClN3O2S. The predicted molar refractivity (Wildman–Crippen MR) is 86.4 cm³/mol. The second-order valence-corrected chi connectivity index (χ2v) is 5.03. The summed E-state index contributed by atoms with van der Waals surface area (Å²) in [6, 6.07) is 7.57. The van der Waals surface area contributed by atoms with E-state index in [1.54, 1.807) is 0 Å². The molecule has 1 rings (SSSR count). The fraction of sp³-hybridized carbons (Fsp3) is 0.385. The van der Waals surface area contributed by atoms with Crippen LogP contribution in [0.15, 0.2) is 24.3 Å². The molecule has 0 atom stereocenters. The number of nitrogens with two attached hydrogens (primary N) is 1. The van der Waals surface area contributed by atoms with Crippen LogP contribution in [0, 0.1) is 6.92 Å². The topological polar surface area (TPSA) is 84.2 Å². The molecule has 0 spiro atoms. The number of amides is 2. The molecule has 5 nitrogen and oxygen atoms in total. The Morgan fingerprint density at radius 2 is 1.75 bits per heavy atom. The van der Waals surface area contributed by atoms with Crippen molar-refractivity contribution in [2.45, 2.75) is 6.92 Å². The summed E-state index contributed by atoms with van der Waals surface area (Å²) < 4.78 is 0. The van der Waals surface area contributed by atoms with Gasteiger partial charge in [-0.25, -0.2) is 0 Å². The van der Waals surface area contributed by atoms with Gasteiger partial charge < -0.3 is 16.4 Å². The Kier molecular flexibility index (Phi) is 9.88. The average molecular weight is 318 g/mol. The Morgan fingerprint density at radius 3 is 2.35 bits per heavy atom. The van der Waals surface area contributed by atoms with Crippen molar-refractivity contribution in [3.63, 3.8) is 0 Å². The van der Waals surface area contributed by atoms with Gasteiger partial charge in [0.15, 0.2) is 0 Å². The first-order valence-electron chi connectivity index (χ1n) is 6.03. The van der Waals surface area contributed by atoms with Gasteiger partial charge in [0.05, 0.1) is 11.5 Å². The van der Waals surface area contributed by atoms with Crippen LogP contribution in [0.3, 0.4) is 0 Å². The summed E-state index contributed by atoms with van der Waals surface area (Å²) in [6.45, 7) is 2.88. The quantitative estimate of drug-likeness (QED) is 0.704. The molecule has 0 aliphatic rings. The number of carbonyl (C=O) groups excluding carboxylic acids is 2. The fourth-order valence-electron chi connectivity index (χ4n) is 1.33. The number of nitrogens with one attached hydrogen (secondary N) is 2. The van der Waals surface area contributed by atoms with Crippen molar-refractivity contribution in [3.05, 3.63) is 29.8 Å². The minimum Gasteiger partial charge on any atom is -0.354 e. The van der Waals surface area contributed by atoms with Crippen molar-refractivity contribution in [1.82, 2.24) is 5.32 Å². The van der Waals surface area contributed by atoms with Crippen LogP contribution in [-0.2, 0) is 9.59 Å². The van der Waals surface area contributed by atoms with Crippen molar-refractivity contribution in [2.75, 3.05) is 29.9 Å². The average Bonchev–Trinajstić information content (AvgIpc) is 2.39. The standard InChI is InChI=1S/C13H19N3O2S.ClH/c1-10-2-4-11(5-3-10)16-13(18)9-19-8-12(17)15-7-6-14;/h2-5H,6-9,14H2,1H3,(H,15,17)(H,16,18);1H. The van der Waals surface area contributed by atoms with E-state index in [2.05, 4.69) is 10.6 Å². The molecule has 0 fully saturated rings. The van der Waals surface area contributed by atoms with E-state index in [0.29, 0.717) is 13.1 Å².